The van der Waals surface area contributed by atoms with Crippen molar-refractivity contribution in [2.75, 3.05) is 26.2 Å². The summed E-state index contributed by atoms with van der Waals surface area (Å²) in [6.07, 6.45) is -0.897. The molecule has 2 aliphatic rings. The van der Waals surface area contributed by atoms with Gasteiger partial charge in [-0.25, -0.2) is 4.98 Å². The Kier molecular flexibility index (Phi) is 9.31. The van der Waals surface area contributed by atoms with Crippen LogP contribution in [0.1, 0.15) is 69.6 Å². The average molecular weight is 725 g/mol. The SMILES string of the molecule is CC1(C)C=C(CNC(=O)c2csc(C3CCN(C(=O)c4ccccc4-c4ccc(C(F)(F)F)cc4)CC3)n2)c2cc(Br)ccc2OC1. The van der Waals surface area contributed by atoms with Crippen molar-refractivity contribution in [3.63, 3.8) is 0 Å². The van der Waals surface area contributed by atoms with Gasteiger partial charge in [0.1, 0.15) is 11.4 Å². The highest BCUT2D eigenvalue weighted by Crippen LogP contribution is 2.37. The normalized spacial score (nSPS) is 16.5. The van der Waals surface area contributed by atoms with Crippen molar-refractivity contribution in [1.82, 2.24) is 15.2 Å². The fourth-order valence-corrected chi connectivity index (χ4v) is 7.32. The standard InChI is InChI=1S/C36H33BrF3N3O3S/c1-35(2)18-24(29-17-26(37)11-12-31(29)46-21-35)19-41-32(44)30-20-47-33(42-30)23-13-15-43(16-14-23)34(45)28-6-4-3-5-27(28)22-7-9-25(10-8-22)36(38,39)40/h3-12,17-18,20,23H,13-16,19,21H2,1-2H3,(H,41,44). The minimum absolute atomic E-state index is 0.113. The zero-order chi connectivity index (χ0) is 33.3. The molecule has 0 saturated carbocycles. The highest BCUT2D eigenvalue weighted by Gasteiger charge is 2.31. The van der Waals surface area contributed by atoms with Gasteiger partial charge in [0.25, 0.3) is 11.8 Å². The van der Waals surface area contributed by atoms with Crippen LogP contribution in [0.3, 0.4) is 0 Å². The minimum atomic E-state index is -4.43. The Hall–Kier alpha value is -3.96. The first-order chi connectivity index (χ1) is 22.4. The van der Waals surface area contributed by atoms with Gasteiger partial charge in [0.15, 0.2) is 0 Å². The molecule has 11 heteroatoms. The van der Waals surface area contributed by atoms with Crippen LogP contribution in [0.15, 0.2) is 82.7 Å². The summed E-state index contributed by atoms with van der Waals surface area (Å²) in [5, 5.41) is 5.68. The highest BCUT2D eigenvalue weighted by atomic mass is 79.9. The van der Waals surface area contributed by atoms with Gasteiger partial charge in [0.2, 0.25) is 0 Å². The van der Waals surface area contributed by atoms with Crippen LogP contribution in [-0.2, 0) is 6.18 Å². The second kappa shape index (κ2) is 13.3. The maximum absolute atomic E-state index is 13.6. The van der Waals surface area contributed by atoms with Crippen molar-refractivity contribution in [2.45, 2.75) is 38.8 Å². The minimum Gasteiger partial charge on any atom is -0.492 e. The van der Waals surface area contributed by atoms with E-state index in [0.717, 1.165) is 38.5 Å². The summed E-state index contributed by atoms with van der Waals surface area (Å²) >= 11 is 4.99. The Balaban J connectivity index is 1.08. The number of carbonyl (C=O) groups is 2. The Morgan fingerprint density at radius 1 is 1.04 bits per heavy atom. The zero-order valence-electron chi connectivity index (χ0n) is 25.9. The third-order valence-electron chi connectivity index (χ3n) is 8.46. The number of carbonyl (C=O) groups excluding carboxylic acids is 2. The molecule has 4 aromatic rings. The summed E-state index contributed by atoms with van der Waals surface area (Å²) in [6, 6.07) is 17.7. The number of benzene rings is 3. The van der Waals surface area contributed by atoms with Gasteiger partial charge in [-0.05, 0) is 65.9 Å². The summed E-state index contributed by atoms with van der Waals surface area (Å²) < 4.78 is 46.2. The summed E-state index contributed by atoms with van der Waals surface area (Å²) in [5.74, 6) is 0.485. The van der Waals surface area contributed by atoms with Crippen LogP contribution in [0.4, 0.5) is 13.2 Å². The average Bonchev–Trinajstić information content (AvgIpc) is 3.51. The first-order valence-corrected chi connectivity index (χ1v) is 17.0. The van der Waals surface area contributed by atoms with Crippen molar-refractivity contribution in [3.8, 4) is 16.9 Å². The predicted molar refractivity (Wildman–Crippen MR) is 181 cm³/mol. The van der Waals surface area contributed by atoms with Crippen molar-refractivity contribution >= 4 is 44.7 Å². The van der Waals surface area contributed by atoms with E-state index in [9.17, 15) is 22.8 Å². The molecule has 0 aliphatic carbocycles. The van der Waals surface area contributed by atoms with E-state index in [1.54, 1.807) is 34.5 Å². The lowest BCUT2D eigenvalue weighted by molar-refractivity contribution is -0.137. The van der Waals surface area contributed by atoms with Crippen LogP contribution < -0.4 is 10.1 Å². The quantitative estimate of drug-likeness (QED) is 0.216. The van der Waals surface area contributed by atoms with Crippen LogP contribution in [-0.4, -0.2) is 47.9 Å². The van der Waals surface area contributed by atoms with Gasteiger partial charge >= 0.3 is 6.18 Å². The molecule has 0 radical (unpaired) electrons. The number of halogens is 4. The summed E-state index contributed by atoms with van der Waals surface area (Å²) in [5.41, 5.74) is 2.94. The largest absolute Gasteiger partial charge is 0.492 e. The van der Waals surface area contributed by atoms with Crippen LogP contribution in [0.25, 0.3) is 16.7 Å². The van der Waals surface area contributed by atoms with Crippen molar-refractivity contribution < 1.29 is 27.5 Å². The smallest absolute Gasteiger partial charge is 0.416 e. The first-order valence-electron chi connectivity index (χ1n) is 15.3. The molecule has 6 rings (SSSR count). The molecular weight excluding hydrogens is 691 g/mol. The number of ether oxygens (including phenoxy) is 1. The lowest BCUT2D eigenvalue weighted by atomic mass is 9.90. The number of hydrogen-bond donors (Lipinski definition) is 1. The van der Waals surface area contributed by atoms with E-state index in [-0.39, 0.29) is 23.1 Å². The van der Waals surface area contributed by atoms with E-state index in [2.05, 4.69) is 46.2 Å². The molecular formula is C36H33BrF3N3O3S. The Morgan fingerprint density at radius 2 is 1.77 bits per heavy atom. The van der Waals surface area contributed by atoms with Crippen LogP contribution in [0.2, 0.25) is 0 Å². The molecule has 2 aliphatic heterocycles. The lowest BCUT2D eigenvalue weighted by Gasteiger charge is -2.31. The molecule has 244 valence electrons. The number of aromatic nitrogens is 1. The molecule has 1 aromatic heterocycles. The van der Waals surface area contributed by atoms with Gasteiger partial charge in [-0.1, -0.05) is 66.2 Å². The summed E-state index contributed by atoms with van der Waals surface area (Å²) in [7, 11) is 0. The van der Waals surface area contributed by atoms with Gasteiger partial charge in [-0.15, -0.1) is 11.3 Å². The van der Waals surface area contributed by atoms with Crippen LogP contribution in [0.5, 0.6) is 5.75 Å². The number of fused-ring (bicyclic) bond motifs is 1. The van der Waals surface area contributed by atoms with Crippen molar-refractivity contribution in [3.05, 3.63) is 110 Å². The molecule has 0 atom stereocenters. The summed E-state index contributed by atoms with van der Waals surface area (Å²) in [6.45, 7) is 6.07. The number of thiazole rings is 1. The Morgan fingerprint density at radius 3 is 2.49 bits per heavy atom. The maximum Gasteiger partial charge on any atom is 0.416 e. The number of hydrogen-bond acceptors (Lipinski definition) is 5. The number of amides is 2. The number of nitrogens with zero attached hydrogens (tertiary/aromatic N) is 2. The van der Waals surface area contributed by atoms with Gasteiger partial charge in [-0.2, -0.15) is 13.2 Å². The number of piperidine rings is 1. The monoisotopic (exact) mass is 723 g/mol. The van der Waals surface area contributed by atoms with Crippen LogP contribution in [0, 0.1) is 5.41 Å². The Labute approximate surface area is 283 Å². The van der Waals surface area contributed by atoms with Crippen molar-refractivity contribution in [1.29, 1.82) is 0 Å². The molecule has 1 N–H and O–H groups in total. The van der Waals surface area contributed by atoms with Gasteiger partial charge in [0, 0.05) is 51.9 Å². The van der Waals surface area contributed by atoms with E-state index in [1.807, 2.05) is 18.2 Å². The third-order valence-corrected chi connectivity index (χ3v) is 9.96. The topological polar surface area (TPSA) is 71.5 Å². The number of nitrogens with one attached hydrogen (secondary N) is 1. The third kappa shape index (κ3) is 7.46. The second-order valence-electron chi connectivity index (χ2n) is 12.5. The van der Waals surface area contributed by atoms with E-state index in [0.29, 0.717) is 61.5 Å². The fraction of sp³-hybridized carbons (Fsp3) is 0.306. The zero-order valence-corrected chi connectivity index (χ0v) is 28.3. The van der Waals surface area contributed by atoms with Crippen LogP contribution >= 0.6 is 27.3 Å². The lowest BCUT2D eigenvalue weighted by Crippen LogP contribution is -2.38. The van der Waals surface area contributed by atoms with Gasteiger partial charge < -0.3 is 15.0 Å². The van der Waals surface area contributed by atoms with Gasteiger partial charge in [0.05, 0.1) is 17.2 Å². The molecule has 0 bridgehead atoms. The molecule has 3 heterocycles. The molecule has 1 saturated heterocycles. The number of alkyl halides is 3. The Bertz CT molecular complexity index is 1830. The van der Waals surface area contributed by atoms with E-state index in [4.69, 9.17) is 4.74 Å². The van der Waals surface area contributed by atoms with Crippen molar-refractivity contribution in [2.24, 2.45) is 5.41 Å². The van der Waals surface area contributed by atoms with E-state index >= 15 is 0 Å². The molecule has 47 heavy (non-hydrogen) atoms. The fourth-order valence-electron chi connectivity index (χ4n) is 5.99. The first kappa shape index (κ1) is 33.0. The number of rotatable bonds is 6. The molecule has 0 unspecified atom stereocenters. The molecule has 1 fully saturated rings. The molecule has 0 spiro atoms. The predicted octanol–water partition coefficient (Wildman–Crippen LogP) is 8.84. The van der Waals surface area contributed by atoms with E-state index in [1.165, 1.54) is 23.5 Å². The molecule has 6 nitrogen and oxygen atoms in total. The highest BCUT2D eigenvalue weighted by molar-refractivity contribution is 9.10. The molecule has 3 aromatic carbocycles. The van der Waals surface area contributed by atoms with Gasteiger partial charge in [-0.3, -0.25) is 9.59 Å². The van der Waals surface area contributed by atoms with E-state index < -0.39 is 11.7 Å². The second-order valence-corrected chi connectivity index (χ2v) is 14.3. The molecule has 2 amide bonds. The summed E-state index contributed by atoms with van der Waals surface area (Å²) in [4.78, 5) is 33.2. The maximum atomic E-state index is 13.6. The number of likely N-dealkylation sites (tertiary alicyclic amines) is 1.